The second kappa shape index (κ2) is 8.22. The van der Waals surface area contributed by atoms with Crippen LogP contribution >= 0.6 is 0 Å². The van der Waals surface area contributed by atoms with Gasteiger partial charge in [0, 0.05) is 43.1 Å². The molecule has 1 saturated heterocycles. The third-order valence-corrected chi connectivity index (χ3v) is 4.66. The van der Waals surface area contributed by atoms with Gasteiger partial charge in [0.25, 0.3) is 11.8 Å². The molecular formula is C21H25N3O3. The Hall–Kier alpha value is -2.86. The van der Waals surface area contributed by atoms with Crippen molar-refractivity contribution in [3.05, 3.63) is 59.7 Å². The van der Waals surface area contributed by atoms with E-state index in [0.29, 0.717) is 36.6 Å². The van der Waals surface area contributed by atoms with Gasteiger partial charge >= 0.3 is 0 Å². The summed E-state index contributed by atoms with van der Waals surface area (Å²) in [6.07, 6.45) is 0. The molecule has 0 spiro atoms. The molecule has 6 nitrogen and oxygen atoms in total. The Balaban J connectivity index is 1.64. The minimum atomic E-state index is -0.179. The molecule has 142 valence electrons. The lowest BCUT2D eigenvalue weighted by Crippen LogP contribution is -2.47. The number of morpholine rings is 1. The van der Waals surface area contributed by atoms with E-state index in [1.165, 1.54) is 0 Å². The Morgan fingerprint density at radius 3 is 2.26 bits per heavy atom. The van der Waals surface area contributed by atoms with Crippen LogP contribution in [0.4, 0.5) is 11.4 Å². The molecule has 1 aliphatic heterocycles. The zero-order chi connectivity index (χ0) is 19.4. The first-order valence-electron chi connectivity index (χ1n) is 9.03. The first kappa shape index (κ1) is 18.9. The highest BCUT2D eigenvalue weighted by Gasteiger charge is 2.24. The SMILES string of the molecule is CC1COCCN1C(=O)c1ccc(NC(=O)c2ccc(N(C)C)cc2)cc1. The van der Waals surface area contributed by atoms with Gasteiger partial charge in [-0.25, -0.2) is 0 Å². The Kier molecular flexibility index (Phi) is 5.76. The second-order valence-corrected chi connectivity index (χ2v) is 6.90. The zero-order valence-corrected chi connectivity index (χ0v) is 15.9. The van der Waals surface area contributed by atoms with Crippen molar-refractivity contribution in [1.29, 1.82) is 0 Å². The predicted octanol–water partition coefficient (Wildman–Crippen LogP) is 2.87. The van der Waals surface area contributed by atoms with E-state index in [4.69, 9.17) is 4.74 Å². The van der Waals surface area contributed by atoms with E-state index in [9.17, 15) is 9.59 Å². The molecule has 1 fully saturated rings. The van der Waals surface area contributed by atoms with E-state index in [1.807, 2.05) is 43.0 Å². The molecule has 2 aromatic carbocycles. The van der Waals surface area contributed by atoms with Crippen molar-refractivity contribution < 1.29 is 14.3 Å². The largest absolute Gasteiger partial charge is 0.378 e. The maximum Gasteiger partial charge on any atom is 0.255 e. The lowest BCUT2D eigenvalue weighted by molar-refractivity contribution is 0.00359. The molecule has 1 aliphatic rings. The number of amides is 2. The molecule has 2 amide bonds. The smallest absolute Gasteiger partial charge is 0.255 e. The van der Waals surface area contributed by atoms with Gasteiger partial charge in [-0.2, -0.15) is 0 Å². The third-order valence-electron chi connectivity index (χ3n) is 4.66. The van der Waals surface area contributed by atoms with Gasteiger partial charge in [0.2, 0.25) is 0 Å². The molecule has 0 aliphatic carbocycles. The van der Waals surface area contributed by atoms with Gasteiger partial charge in [0.05, 0.1) is 19.3 Å². The molecule has 0 bridgehead atoms. The molecule has 0 aromatic heterocycles. The summed E-state index contributed by atoms with van der Waals surface area (Å²) < 4.78 is 5.38. The second-order valence-electron chi connectivity index (χ2n) is 6.90. The van der Waals surface area contributed by atoms with Crippen molar-refractivity contribution in [1.82, 2.24) is 4.90 Å². The van der Waals surface area contributed by atoms with Gasteiger partial charge in [-0.1, -0.05) is 0 Å². The fourth-order valence-electron chi connectivity index (χ4n) is 3.01. The Morgan fingerprint density at radius 1 is 1.04 bits per heavy atom. The number of benzene rings is 2. The number of hydrogen-bond acceptors (Lipinski definition) is 4. The molecule has 0 radical (unpaired) electrons. The molecule has 1 heterocycles. The average Bonchev–Trinajstić information content (AvgIpc) is 2.68. The lowest BCUT2D eigenvalue weighted by Gasteiger charge is -2.33. The van der Waals surface area contributed by atoms with Crippen LogP contribution in [0, 0.1) is 0 Å². The third kappa shape index (κ3) is 4.46. The highest BCUT2D eigenvalue weighted by Crippen LogP contribution is 2.17. The maximum atomic E-state index is 12.6. The van der Waals surface area contributed by atoms with Crippen LogP contribution in [0.1, 0.15) is 27.6 Å². The van der Waals surface area contributed by atoms with Crippen molar-refractivity contribution in [3.63, 3.8) is 0 Å². The van der Waals surface area contributed by atoms with E-state index in [0.717, 1.165) is 5.69 Å². The lowest BCUT2D eigenvalue weighted by atomic mass is 10.1. The van der Waals surface area contributed by atoms with Crippen LogP contribution in [0.25, 0.3) is 0 Å². The van der Waals surface area contributed by atoms with Crippen LogP contribution in [-0.2, 0) is 4.74 Å². The molecule has 1 unspecified atom stereocenters. The summed E-state index contributed by atoms with van der Waals surface area (Å²) in [7, 11) is 3.91. The van der Waals surface area contributed by atoms with Crippen molar-refractivity contribution >= 4 is 23.2 Å². The van der Waals surface area contributed by atoms with E-state index >= 15 is 0 Å². The van der Waals surface area contributed by atoms with Crippen LogP contribution < -0.4 is 10.2 Å². The first-order chi connectivity index (χ1) is 13.0. The highest BCUT2D eigenvalue weighted by molar-refractivity contribution is 6.04. The summed E-state index contributed by atoms with van der Waals surface area (Å²) in [6, 6.07) is 14.5. The van der Waals surface area contributed by atoms with Crippen molar-refractivity contribution in [3.8, 4) is 0 Å². The van der Waals surface area contributed by atoms with Gasteiger partial charge in [-0.15, -0.1) is 0 Å². The Bertz CT molecular complexity index is 800. The zero-order valence-electron chi connectivity index (χ0n) is 15.9. The maximum absolute atomic E-state index is 12.6. The molecule has 1 atom stereocenters. The minimum Gasteiger partial charge on any atom is -0.378 e. The number of hydrogen-bond donors (Lipinski definition) is 1. The Morgan fingerprint density at radius 2 is 1.67 bits per heavy atom. The van der Waals surface area contributed by atoms with Gasteiger partial charge in [0.1, 0.15) is 0 Å². The van der Waals surface area contributed by atoms with E-state index in [1.54, 1.807) is 36.4 Å². The standard InChI is InChI=1S/C21H25N3O3/c1-15-14-27-13-12-24(15)21(26)17-4-8-18(9-5-17)22-20(25)16-6-10-19(11-7-16)23(2)3/h4-11,15H,12-14H2,1-3H3,(H,22,25). The summed E-state index contributed by atoms with van der Waals surface area (Å²) >= 11 is 0. The number of nitrogens with zero attached hydrogens (tertiary/aromatic N) is 2. The van der Waals surface area contributed by atoms with Crippen LogP contribution in [0.5, 0.6) is 0 Å². The number of anilines is 2. The summed E-state index contributed by atoms with van der Waals surface area (Å²) in [5.74, 6) is -0.191. The van der Waals surface area contributed by atoms with E-state index in [2.05, 4.69) is 5.32 Å². The van der Waals surface area contributed by atoms with E-state index < -0.39 is 0 Å². The first-order valence-corrected chi connectivity index (χ1v) is 9.03. The number of carbonyl (C=O) groups excluding carboxylic acids is 2. The summed E-state index contributed by atoms with van der Waals surface area (Å²) in [6.45, 7) is 3.71. The molecule has 3 rings (SSSR count). The topological polar surface area (TPSA) is 61.9 Å². The van der Waals surface area contributed by atoms with Crippen LogP contribution in [0.15, 0.2) is 48.5 Å². The monoisotopic (exact) mass is 367 g/mol. The van der Waals surface area contributed by atoms with Gasteiger partial charge in [-0.3, -0.25) is 9.59 Å². The molecular weight excluding hydrogens is 342 g/mol. The number of ether oxygens (including phenoxy) is 1. The van der Waals surface area contributed by atoms with Crippen molar-refractivity contribution in [2.24, 2.45) is 0 Å². The van der Waals surface area contributed by atoms with E-state index in [-0.39, 0.29) is 17.9 Å². The summed E-state index contributed by atoms with van der Waals surface area (Å²) in [5.41, 5.74) is 2.88. The summed E-state index contributed by atoms with van der Waals surface area (Å²) in [5, 5.41) is 2.86. The van der Waals surface area contributed by atoms with Crippen LogP contribution in [0.3, 0.4) is 0 Å². The molecule has 6 heteroatoms. The van der Waals surface area contributed by atoms with Crippen LogP contribution in [-0.4, -0.2) is 56.6 Å². The predicted molar refractivity (Wildman–Crippen MR) is 106 cm³/mol. The molecule has 1 N–H and O–H groups in total. The van der Waals surface area contributed by atoms with Gasteiger partial charge in [0.15, 0.2) is 0 Å². The minimum absolute atomic E-state index is 0.0112. The van der Waals surface area contributed by atoms with Gasteiger partial charge in [-0.05, 0) is 55.5 Å². The number of carbonyl (C=O) groups is 2. The normalized spacial score (nSPS) is 16.7. The van der Waals surface area contributed by atoms with Crippen LogP contribution in [0.2, 0.25) is 0 Å². The summed E-state index contributed by atoms with van der Waals surface area (Å²) in [4.78, 5) is 28.8. The molecule has 2 aromatic rings. The molecule has 0 saturated carbocycles. The number of rotatable bonds is 4. The Labute approximate surface area is 159 Å². The van der Waals surface area contributed by atoms with Crippen molar-refractivity contribution in [2.45, 2.75) is 13.0 Å². The fourth-order valence-corrected chi connectivity index (χ4v) is 3.01. The quantitative estimate of drug-likeness (QED) is 0.903. The number of nitrogens with one attached hydrogen (secondary N) is 1. The average molecular weight is 367 g/mol. The van der Waals surface area contributed by atoms with Crippen molar-refractivity contribution in [2.75, 3.05) is 44.1 Å². The fraction of sp³-hybridized carbons (Fsp3) is 0.333. The highest BCUT2D eigenvalue weighted by atomic mass is 16.5. The molecule has 27 heavy (non-hydrogen) atoms. The van der Waals surface area contributed by atoms with Gasteiger partial charge < -0.3 is 19.9 Å².